The van der Waals surface area contributed by atoms with Crippen molar-refractivity contribution in [1.82, 2.24) is 0 Å². The van der Waals surface area contributed by atoms with Crippen LogP contribution in [0.4, 0.5) is 0 Å². The van der Waals surface area contributed by atoms with Gasteiger partial charge in [-0.15, -0.1) is 0 Å². The lowest BCUT2D eigenvalue weighted by atomic mass is 10.1. The van der Waals surface area contributed by atoms with Crippen LogP contribution in [0.3, 0.4) is 0 Å². The van der Waals surface area contributed by atoms with Crippen molar-refractivity contribution in [3.63, 3.8) is 0 Å². The summed E-state index contributed by atoms with van der Waals surface area (Å²) in [6.07, 6.45) is 2.06. The molecule has 0 aliphatic heterocycles. The monoisotopic (exact) mass is 339 g/mol. The second-order valence-electron chi connectivity index (χ2n) is 5.95. The van der Waals surface area contributed by atoms with Gasteiger partial charge in [0.1, 0.15) is 11.3 Å². The SMILES string of the molecule is Cc1ccc2c(C[S+](C)CC(=O)c3ccccc3)cc(=O)oc2c1. The zero-order chi connectivity index (χ0) is 17.1. The van der Waals surface area contributed by atoms with Crippen molar-refractivity contribution < 1.29 is 9.21 Å². The predicted octanol–water partition coefficient (Wildman–Crippen LogP) is 3.73. The third-order valence-corrected chi connectivity index (χ3v) is 5.42. The van der Waals surface area contributed by atoms with Crippen LogP contribution in [0.2, 0.25) is 0 Å². The molecule has 0 saturated carbocycles. The highest BCUT2D eigenvalue weighted by Crippen LogP contribution is 2.21. The van der Waals surface area contributed by atoms with Crippen LogP contribution in [0, 0.1) is 6.92 Å². The normalized spacial score (nSPS) is 12.2. The smallest absolute Gasteiger partial charge is 0.336 e. The van der Waals surface area contributed by atoms with E-state index in [0.29, 0.717) is 17.1 Å². The number of fused-ring (bicyclic) bond motifs is 1. The summed E-state index contributed by atoms with van der Waals surface area (Å²) in [6, 6.07) is 16.8. The lowest BCUT2D eigenvalue weighted by Crippen LogP contribution is -2.18. The summed E-state index contributed by atoms with van der Waals surface area (Å²) >= 11 is 0. The second-order valence-corrected chi connectivity index (χ2v) is 8.09. The van der Waals surface area contributed by atoms with Crippen molar-refractivity contribution in [2.24, 2.45) is 0 Å². The molecule has 0 amide bonds. The molecule has 2 aromatic carbocycles. The number of Topliss-reactive ketones (excluding diaryl/α,β-unsaturated/α-hetero) is 1. The van der Waals surface area contributed by atoms with Crippen LogP contribution in [0.25, 0.3) is 11.0 Å². The first-order valence-electron chi connectivity index (χ1n) is 7.74. The van der Waals surface area contributed by atoms with Crippen molar-refractivity contribution in [3.8, 4) is 0 Å². The Kier molecular flexibility index (Phi) is 4.86. The van der Waals surface area contributed by atoms with Gasteiger partial charge in [0.05, 0.1) is 6.26 Å². The summed E-state index contributed by atoms with van der Waals surface area (Å²) in [5.74, 6) is 1.32. The molecule has 0 aliphatic rings. The average molecular weight is 339 g/mol. The number of benzene rings is 2. The number of hydrogen-bond acceptors (Lipinski definition) is 3. The Morgan fingerprint density at radius 1 is 1.08 bits per heavy atom. The van der Waals surface area contributed by atoms with E-state index in [4.69, 9.17) is 4.42 Å². The maximum absolute atomic E-state index is 12.3. The Balaban J connectivity index is 1.82. The van der Waals surface area contributed by atoms with Crippen LogP contribution in [-0.2, 0) is 16.6 Å². The highest BCUT2D eigenvalue weighted by Gasteiger charge is 2.21. The Labute approximate surface area is 143 Å². The maximum Gasteiger partial charge on any atom is 0.336 e. The van der Waals surface area contributed by atoms with Gasteiger partial charge in [0.25, 0.3) is 0 Å². The number of carbonyl (C=O) groups excluding carboxylic acids is 1. The Hall–Kier alpha value is -2.33. The maximum atomic E-state index is 12.3. The van der Waals surface area contributed by atoms with Gasteiger partial charge in [-0.2, -0.15) is 0 Å². The summed E-state index contributed by atoms with van der Waals surface area (Å²) in [7, 11) is -0.151. The van der Waals surface area contributed by atoms with E-state index < -0.39 is 0 Å². The Morgan fingerprint density at radius 3 is 2.58 bits per heavy atom. The lowest BCUT2D eigenvalue weighted by molar-refractivity contribution is 0.102. The van der Waals surface area contributed by atoms with E-state index in [1.165, 1.54) is 0 Å². The molecule has 1 unspecified atom stereocenters. The molecule has 1 aromatic heterocycles. The molecule has 0 aliphatic carbocycles. The first-order chi connectivity index (χ1) is 11.5. The first-order valence-corrected chi connectivity index (χ1v) is 9.71. The van der Waals surface area contributed by atoms with E-state index in [9.17, 15) is 9.59 Å². The summed E-state index contributed by atoms with van der Waals surface area (Å²) in [5, 5.41) is 0.951. The van der Waals surface area contributed by atoms with Gasteiger partial charge in [0.15, 0.2) is 5.75 Å². The molecule has 0 fully saturated rings. The predicted molar refractivity (Wildman–Crippen MR) is 99.9 cm³/mol. The van der Waals surface area contributed by atoms with Crippen LogP contribution in [-0.4, -0.2) is 17.8 Å². The fourth-order valence-electron chi connectivity index (χ4n) is 2.70. The molecule has 3 aromatic rings. The average Bonchev–Trinajstić information content (AvgIpc) is 2.54. The summed E-state index contributed by atoms with van der Waals surface area (Å²) < 4.78 is 5.30. The lowest BCUT2D eigenvalue weighted by Gasteiger charge is -2.07. The van der Waals surface area contributed by atoms with Crippen LogP contribution in [0.1, 0.15) is 21.5 Å². The molecule has 1 atom stereocenters. The van der Waals surface area contributed by atoms with Crippen LogP contribution in [0.5, 0.6) is 0 Å². The van der Waals surface area contributed by atoms with Gasteiger partial charge in [-0.25, -0.2) is 4.79 Å². The van der Waals surface area contributed by atoms with E-state index >= 15 is 0 Å². The van der Waals surface area contributed by atoms with Crippen molar-refractivity contribution in [1.29, 1.82) is 0 Å². The Morgan fingerprint density at radius 2 is 1.83 bits per heavy atom. The Bertz CT molecular complexity index is 929. The molecule has 3 rings (SSSR count). The largest absolute Gasteiger partial charge is 0.423 e. The summed E-state index contributed by atoms with van der Waals surface area (Å²) in [4.78, 5) is 24.2. The standard InChI is InChI=1S/C20H19O3S/c1-14-8-9-17-16(11-20(22)23-19(17)10-14)12-24(2)13-18(21)15-6-4-3-5-7-15/h3-11H,12-13H2,1-2H3/q+1. The van der Waals surface area contributed by atoms with Crippen molar-refractivity contribution >= 4 is 27.6 Å². The molecule has 0 radical (unpaired) electrons. The van der Waals surface area contributed by atoms with Crippen LogP contribution < -0.4 is 5.63 Å². The number of rotatable bonds is 5. The quantitative estimate of drug-likeness (QED) is 0.404. The van der Waals surface area contributed by atoms with Gasteiger partial charge >= 0.3 is 5.63 Å². The molecule has 3 nitrogen and oxygen atoms in total. The number of carbonyl (C=O) groups is 1. The second kappa shape index (κ2) is 7.05. The van der Waals surface area contributed by atoms with E-state index in [0.717, 1.165) is 22.1 Å². The third kappa shape index (κ3) is 3.77. The summed E-state index contributed by atoms with van der Waals surface area (Å²) in [6.45, 7) is 1.97. The molecular formula is C20H19O3S+. The third-order valence-electron chi connectivity index (χ3n) is 3.86. The minimum Gasteiger partial charge on any atom is -0.423 e. The zero-order valence-corrected chi connectivity index (χ0v) is 14.6. The van der Waals surface area contributed by atoms with E-state index in [-0.39, 0.29) is 22.3 Å². The molecule has 0 N–H and O–H groups in total. The molecule has 122 valence electrons. The van der Waals surface area contributed by atoms with Gasteiger partial charge < -0.3 is 4.42 Å². The topological polar surface area (TPSA) is 47.3 Å². The van der Waals surface area contributed by atoms with E-state index in [1.807, 2.05) is 55.5 Å². The van der Waals surface area contributed by atoms with Crippen molar-refractivity contribution in [3.05, 3.63) is 81.7 Å². The minimum absolute atomic E-state index is 0.143. The number of hydrogen-bond donors (Lipinski definition) is 0. The zero-order valence-electron chi connectivity index (χ0n) is 13.7. The molecular weight excluding hydrogens is 320 g/mol. The molecule has 4 heteroatoms. The van der Waals surface area contributed by atoms with E-state index in [1.54, 1.807) is 6.07 Å². The van der Waals surface area contributed by atoms with Gasteiger partial charge in [-0.1, -0.05) is 42.5 Å². The fraction of sp³-hybridized carbons (Fsp3) is 0.200. The van der Waals surface area contributed by atoms with Crippen LogP contribution in [0.15, 0.2) is 63.8 Å². The molecule has 0 bridgehead atoms. The fourth-order valence-corrected chi connectivity index (χ4v) is 4.19. The highest BCUT2D eigenvalue weighted by molar-refractivity contribution is 7.96. The molecule has 0 spiro atoms. The van der Waals surface area contributed by atoms with Crippen LogP contribution >= 0.6 is 0 Å². The molecule has 0 saturated heterocycles. The van der Waals surface area contributed by atoms with Gasteiger partial charge in [-0.3, -0.25) is 4.79 Å². The number of aryl methyl sites for hydroxylation is 1. The number of ketones is 1. The van der Waals surface area contributed by atoms with Gasteiger partial charge in [0, 0.05) is 22.6 Å². The minimum atomic E-state index is -0.338. The van der Waals surface area contributed by atoms with Gasteiger partial charge in [-0.05, 0) is 29.4 Å². The van der Waals surface area contributed by atoms with Crippen molar-refractivity contribution in [2.45, 2.75) is 12.7 Å². The molecule has 24 heavy (non-hydrogen) atoms. The summed E-state index contributed by atoms with van der Waals surface area (Å²) in [5.41, 5.74) is 3.02. The molecule has 1 heterocycles. The van der Waals surface area contributed by atoms with E-state index in [2.05, 4.69) is 6.26 Å². The highest BCUT2D eigenvalue weighted by atomic mass is 32.2. The van der Waals surface area contributed by atoms with Gasteiger partial charge in [0.2, 0.25) is 5.78 Å². The first kappa shape index (κ1) is 16.5. The van der Waals surface area contributed by atoms with Crippen molar-refractivity contribution in [2.75, 3.05) is 12.0 Å².